The van der Waals surface area contributed by atoms with E-state index in [2.05, 4.69) is 229 Å². The minimum absolute atomic E-state index is 1.10. The Morgan fingerprint density at radius 2 is 0.655 bits per heavy atom. The highest BCUT2D eigenvalue weighted by Crippen LogP contribution is 2.41. The molecule has 10 rings (SSSR count). The van der Waals surface area contributed by atoms with Crippen molar-refractivity contribution >= 4 is 49.4 Å². The van der Waals surface area contributed by atoms with Gasteiger partial charge in [-0.05, 0) is 125 Å². The fraction of sp³-hybridized carbons (Fsp3) is 0. The SMILES string of the molecule is c1ccc(-c2cc(-c3cccc(N(c4ccc(-c5cccc6ccccc56)cc4)c4ccc(-c5cccc6ccccc56)cc4)c3)cc3ccccc23)cc1. The molecule has 0 aliphatic rings. The van der Waals surface area contributed by atoms with Gasteiger partial charge in [0, 0.05) is 17.1 Å². The van der Waals surface area contributed by atoms with Crippen LogP contribution in [0.1, 0.15) is 0 Å². The Bertz CT molecular complexity index is 2830. The van der Waals surface area contributed by atoms with E-state index in [4.69, 9.17) is 0 Å². The molecule has 10 aromatic rings. The van der Waals surface area contributed by atoms with Gasteiger partial charge in [-0.3, -0.25) is 0 Å². The van der Waals surface area contributed by atoms with Gasteiger partial charge >= 0.3 is 0 Å². The van der Waals surface area contributed by atoms with Gasteiger partial charge in [0.05, 0.1) is 0 Å². The Morgan fingerprint density at radius 3 is 1.24 bits per heavy atom. The highest BCUT2D eigenvalue weighted by molar-refractivity contribution is 6.01. The quantitative estimate of drug-likeness (QED) is 0.160. The molecule has 0 heterocycles. The molecule has 0 atom stereocenters. The van der Waals surface area contributed by atoms with E-state index in [0.717, 1.165) is 17.1 Å². The van der Waals surface area contributed by atoms with Gasteiger partial charge in [-0.2, -0.15) is 0 Å². The molecule has 0 bridgehead atoms. The van der Waals surface area contributed by atoms with Crippen molar-refractivity contribution in [2.75, 3.05) is 4.90 Å². The maximum absolute atomic E-state index is 2.38. The van der Waals surface area contributed by atoms with Crippen molar-refractivity contribution < 1.29 is 0 Å². The molecule has 0 N–H and O–H groups in total. The van der Waals surface area contributed by atoms with Crippen LogP contribution in [0.15, 0.2) is 224 Å². The second kappa shape index (κ2) is 14.0. The molecule has 0 spiro atoms. The van der Waals surface area contributed by atoms with Gasteiger partial charge in [-0.25, -0.2) is 0 Å². The summed E-state index contributed by atoms with van der Waals surface area (Å²) >= 11 is 0. The predicted molar refractivity (Wildman–Crippen MR) is 235 cm³/mol. The lowest BCUT2D eigenvalue weighted by molar-refractivity contribution is 1.28. The minimum Gasteiger partial charge on any atom is -0.310 e. The largest absolute Gasteiger partial charge is 0.310 e. The van der Waals surface area contributed by atoms with Crippen LogP contribution in [0.2, 0.25) is 0 Å². The van der Waals surface area contributed by atoms with Gasteiger partial charge in [0.15, 0.2) is 0 Å². The average Bonchev–Trinajstić information content (AvgIpc) is 3.27. The monoisotopic (exact) mass is 699 g/mol. The van der Waals surface area contributed by atoms with Gasteiger partial charge in [0.2, 0.25) is 0 Å². The van der Waals surface area contributed by atoms with Crippen molar-refractivity contribution in [2.24, 2.45) is 0 Å². The van der Waals surface area contributed by atoms with Crippen LogP contribution in [-0.4, -0.2) is 0 Å². The van der Waals surface area contributed by atoms with Crippen molar-refractivity contribution in [1.82, 2.24) is 0 Å². The summed E-state index contributed by atoms with van der Waals surface area (Å²) in [5, 5.41) is 7.51. The van der Waals surface area contributed by atoms with Crippen LogP contribution in [0.4, 0.5) is 17.1 Å². The molecule has 0 amide bonds. The highest BCUT2D eigenvalue weighted by atomic mass is 15.1. The number of benzene rings is 10. The van der Waals surface area contributed by atoms with E-state index >= 15 is 0 Å². The summed E-state index contributed by atoms with van der Waals surface area (Å²) in [5.41, 5.74) is 13.0. The van der Waals surface area contributed by atoms with Gasteiger partial charge in [-0.15, -0.1) is 0 Å². The number of hydrogen-bond donors (Lipinski definition) is 0. The molecule has 0 aliphatic heterocycles. The van der Waals surface area contributed by atoms with E-state index in [-0.39, 0.29) is 0 Å². The Kier molecular flexibility index (Phi) is 8.24. The third-order valence-corrected chi connectivity index (χ3v) is 10.8. The van der Waals surface area contributed by atoms with E-state index in [1.165, 1.54) is 76.8 Å². The Labute approximate surface area is 322 Å². The van der Waals surface area contributed by atoms with E-state index < -0.39 is 0 Å². The summed E-state index contributed by atoms with van der Waals surface area (Å²) in [7, 11) is 0. The first-order chi connectivity index (χ1) is 27.3. The third-order valence-electron chi connectivity index (χ3n) is 10.8. The summed E-state index contributed by atoms with van der Waals surface area (Å²) in [5.74, 6) is 0. The number of nitrogens with zero attached hydrogens (tertiary/aromatic N) is 1. The zero-order valence-corrected chi connectivity index (χ0v) is 30.3. The van der Waals surface area contributed by atoms with Crippen LogP contribution in [0.25, 0.3) is 76.8 Å². The number of rotatable bonds is 7. The molecule has 0 fully saturated rings. The smallest absolute Gasteiger partial charge is 0.0467 e. The first-order valence-electron chi connectivity index (χ1n) is 18.9. The molecule has 0 saturated heterocycles. The zero-order valence-electron chi connectivity index (χ0n) is 30.3. The fourth-order valence-corrected chi connectivity index (χ4v) is 8.14. The summed E-state index contributed by atoms with van der Waals surface area (Å²) in [4.78, 5) is 2.38. The summed E-state index contributed by atoms with van der Waals surface area (Å²) < 4.78 is 0. The van der Waals surface area contributed by atoms with E-state index in [1.807, 2.05) is 0 Å². The van der Waals surface area contributed by atoms with E-state index in [1.54, 1.807) is 0 Å². The molecule has 0 radical (unpaired) electrons. The van der Waals surface area contributed by atoms with Crippen LogP contribution < -0.4 is 4.90 Å². The van der Waals surface area contributed by atoms with Gasteiger partial charge in [0.1, 0.15) is 0 Å². The lowest BCUT2D eigenvalue weighted by Crippen LogP contribution is -2.10. The van der Waals surface area contributed by atoms with E-state index in [9.17, 15) is 0 Å². The number of hydrogen-bond acceptors (Lipinski definition) is 1. The fourth-order valence-electron chi connectivity index (χ4n) is 8.14. The van der Waals surface area contributed by atoms with Crippen molar-refractivity contribution in [3.8, 4) is 44.5 Å². The second-order valence-electron chi connectivity index (χ2n) is 14.1. The van der Waals surface area contributed by atoms with Crippen molar-refractivity contribution in [3.05, 3.63) is 224 Å². The maximum Gasteiger partial charge on any atom is 0.0467 e. The molecule has 55 heavy (non-hydrogen) atoms. The second-order valence-corrected chi connectivity index (χ2v) is 14.1. The molecule has 0 saturated carbocycles. The Balaban J connectivity index is 1.10. The molecular weight excluding hydrogens is 663 g/mol. The van der Waals surface area contributed by atoms with Crippen LogP contribution in [0.3, 0.4) is 0 Å². The molecule has 1 heteroatoms. The van der Waals surface area contributed by atoms with E-state index in [0.29, 0.717) is 0 Å². The first kappa shape index (κ1) is 32.4. The van der Waals surface area contributed by atoms with Gasteiger partial charge < -0.3 is 4.90 Å². The lowest BCUT2D eigenvalue weighted by Gasteiger charge is -2.26. The Hall–Kier alpha value is -7.22. The average molecular weight is 700 g/mol. The van der Waals surface area contributed by atoms with Crippen LogP contribution in [0.5, 0.6) is 0 Å². The van der Waals surface area contributed by atoms with Gasteiger partial charge in [-0.1, -0.05) is 176 Å². The molecule has 0 aliphatic carbocycles. The molecule has 0 aromatic heterocycles. The first-order valence-corrected chi connectivity index (χ1v) is 18.9. The molecule has 1 nitrogen and oxygen atoms in total. The molecule has 258 valence electrons. The highest BCUT2D eigenvalue weighted by Gasteiger charge is 2.16. The number of fused-ring (bicyclic) bond motifs is 3. The predicted octanol–water partition coefficient (Wildman–Crippen LogP) is 15.3. The maximum atomic E-state index is 2.38. The molecule has 10 aromatic carbocycles. The van der Waals surface area contributed by atoms with Crippen LogP contribution in [-0.2, 0) is 0 Å². The van der Waals surface area contributed by atoms with Crippen molar-refractivity contribution in [3.63, 3.8) is 0 Å². The van der Waals surface area contributed by atoms with Crippen molar-refractivity contribution in [1.29, 1.82) is 0 Å². The normalized spacial score (nSPS) is 11.3. The third kappa shape index (κ3) is 6.12. The minimum atomic E-state index is 1.10. The Morgan fingerprint density at radius 1 is 0.218 bits per heavy atom. The topological polar surface area (TPSA) is 3.24 Å². The van der Waals surface area contributed by atoms with Crippen LogP contribution in [0, 0.1) is 0 Å². The molecular formula is C54H37N. The molecule has 0 unspecified atom stereocenters. The summed E-state index contributed by atoms with van der Waals surface area (Å²) in [6.45, 7) is 0. The van der Waals surface area contributed by atoms with Crippen LogP contribution >= 0.6 is 0 Å². The summed E-state index contributed by atoms with van der Waals surface area (Å²) in [6, 6.07) is 81.5. The standard InChI is InChI=1S/C54H37N/c1-2-13-40(14-3-1)54-37-45(35-44-17-6-9-24-53(44)54)43-20-10-21-48(36-43)55(46-31-27-41(28-32-46)51-25-11-18-38-15-4-7-22-49(38)51)47-33-29-42(30-34-47)52-26-12-19-39-16-5-8-23-50(39)52/h1-37H. The summed E-state index contributed by atoms with van der Waals surface area (Å²) in [6.07, 6.45) is 0. The lowest BCUT2D eigenvalue weighted by atomic mass is 9.93. The number of anilines is 3. The zero-order chi connectivity index (χ0) is 36.6. The van der Waals surface area contributed by atoms with Gasteiger partial charge in [0.25, 0.3) is 0 Å². The van der Waals surface area contributed by atoms with Crippen molar-refractivity contribution in [2.45, 2.75) is 0 Å².